The molecule has 2 aromatic rings. The molecule has 0 unspecified atom stereocenters. The summed E-state index contributed by atoms with van der Waals surface area (Å²) in [6.07, 6.45) is 2.10. The van der Waals surface area contributed by atoms with Gasteiger partial charge in [0, 0.05) is 0 Å². The van der Waals surface area contributed by atoms with E-state index in [-0.39, 0.29) is 18.2 Å². The third kappa shape index (κ3) is 4.19. The van der Waals surface area contributed by atoms with Gasteiger partial charge >= 0.3 is 0 Å². The van der Waals surface area contributed by atoms with Gasteiger partial charge in [-0.2, -0.15) is 0 Å². The van der Waals surface area contributed by atoms with Crippen molar-refractivity contribution in [3.05, 3.63) is 65.0 Å². The van der Waals surface area contributed by atoms with E-state index in [0.717, 1.165) is 37.2 Å². The summed E-state index contributed by atoms with van der Waals surface area (Å²) in [5, 5.41) is 3.40. The largest absolute Gasteiger partial charge is 0.489 e. The monoisotopic (exact) mass is 307 g/mol. The lowest BCUT2D eigenvalue weighted by Gasteiger charge is -2.10. The fourth-order valence-electron chi connectivity index (χ4n) is 2.53. The average molecular weight is 308 g/mol. The number of hydrogen-bond acceptors (Lipinski definition) is 2. The minimum absolute atomic E-state index is 0. The Balaban J connectivity index is 0.00000161. The molecule has 2 nitrogen and oxygen atoms in total. The highest BCUT2D eigenvalue weighted by Crippen LogP contribution is 2.21. The van der Waals surface area contributed by atoms with E-state index in [1.54, 1.807) is 6.07 Å². The number of fused-ring (bicyclic) bond motifs is 1. The van der Waals surface area contributed by atoms with Crippen molar-refractivity contribution in [2.45, 2.75) is 19.4 Å². The normalized spacial score (nSPS) is 13.8. The summed E-state index contributed by atoms with van der Waals surface area (Å²) < 4.78 is 18.9. The first-order chi connectivity index (χ1) is 9.81. The van der Waals surface area contributed by atoms with Crippen LogP contribution in [0.1, 0.15) is 16.7 Å². The highest BCUT2D eigenvalue weighted by Gasteiger charge is 2.08. The van der Waals surface area contributed by atoms with Gasteiger partial charge in [-0.25, -0.2) is 4.39 Å². The van der Waals surface area contributed by atoms with Crippen LogP contribution in [-0.4, -0.2) is 13.1 Å². The molecule has 0 radical (unpaired) electrons. The van der Waals surface area contributed by atoms with E-state index in [0.29, 0.717) is 6.61 Å². The Bertz CT molecular complexity index is 603. The molecular weight excluding hydrogens is 289 g/mol. The Morgan fingerprint density at radius 1 is 1.00 bits per heavy atom. The number of halogens is 2. The Kier molecular flexibility index (Phi) is 5.59. The first kappa shape index (κ1) is 15.8. The Labute approximate surface area is 130 Å². The van der Waals surface area contributed by atoms with Crippen LogP contribution in [-0.2, 0) is 19.4 Å². The van der Waals surface area contributed by atoms with Crippen molar-refractivity contribution in [3.8, 4) is 5.75 Å². The molecule has 0 saturated heterocycles. The van der Waals surface area contributed by atoms with Crippen LogP contribution >= 0.6 is 12.4 Å². The van der Waals surface area contributed by atoms with Crippen LogP contribution in [0.15, 0.2) is 42.5 Å². The van der Waals surface area contributed by atoms with E-state index in [9.17, 15) is 4.39 Å². The van der Waals surface area contributed by atoms with Crippen molar-refractivity contribution in [2.24, 2.45) is 0 Å². The van der Waals surface area contributed by atoms with E-state index in [1.165, 1.54) is 23.3 Å². The summed E-state index contributed by atoms with van der Waals surface area (Å²) >= 11 is 0. The van der Waals surface area contributed by atoms with Crippen LogP contribution in [0.3, 0.4) is 0 Å². The van der Waals surface area contributed by atoms with Crippen molar-refractivity contribution in [3.63, 3.8) is 0 Å². The Hall–Kier alpha value is -1.58. The van der Waals surface area contributed by atoms with Crippen molar-refractivity contribution >= 4 is 12.4 Å². The third-order valence-electron chi connectivity index (χ3n) is 3.61. The van der Waals surface area contributed by atoms with Crippen LogP contribution in [0, 0.1) is 5.82 Å². The molecule has 2 aromatic carbocycles. The first-order valence-corrected chi connectivity index (χ1v) is 7.01. The van der Waals surface area contributed by atoms with E-state index in [2.05, 4.69) is 17.4 Å². The molecule has 112 valence electrons. The quantitative estimate of drug-likeness (QED) is 0.937. The average Bonchev–Trinajstić information content (AvgIpc) is 2.70. The highest BCUT2D eigenvalue weighted by atomic mass is 35.5. The second kappa shape index (κ2) is 7.43. The van der Waals surface area contributed by atoms with Gasteiger partial charge in [0.2, 0.25) is 0 Å². The molecule has 1 aliphatic heterocycles. The second-order valence-electron chi connectivity index (χ2n) is 5.10. The Morgan fingerprint density at radius 3 is 2.62 bits per heavy atom. The predicted molar refractivity (Wildman–Crippen MR) is 84.7 cm³/mol. The molecule has 4 heteroatoms. The molecular formula is C17H19ClFNO. The van der Waals surface area contributed by atoms with Gasteiger partial charge in [-0.05, 0) is 66.9 Å². The lowest BCUT2D eigenvalue weighted by Crippen LogP contribution is -2.16. The number of hydrogen-bond donors (Lipinski definition) is 1. The smallest absolute Gasteiger partial charge is 0.123 e. The SMILES string of the molecule is Cl.Fc1cccc(COc2ccc3c(c2)CCNCC3)c1. The molecule has 21 heavy (non-hydrogen) atoms. The van der Waals surface area contributed by atoms with Gasteiger partial charge in [-0.15, -0.1) is 12.4 Å². The summed E-state index contributed by atoms with van der Waals surface area (Å²) in [5.74, 6) is 0.633. The molecule has 0 amide bonds. The Morgan fingerprint density at radius 2 is 1.81 bits per heavy atom. The molecule has 0 bridgehead atoms. The van der Waals surface area contributed by atoms with Crippen LogP contribution in [0.25, 0.3) is 0 Å². The molecule has 0 saturated carbocycles. The highest BCUT2D eigenvalue weighted by molar-refractivity contribution is 5.85. The third-order valence-corrected chi connectivity index (χ3v) is 3.61. The number of benzene rings is 2. The number of rotatable bonds is 3. The van der Waals surface area contributed by atoms with Crippen LogP contribution in [0.5, 0.6) is 5.75 Å². The lowest BCUT2D eigenvalue weighted by molar-refractivity contribution is 0.305. The van der Waals surface area contributed by atoms with E-state index < -0.39 is 0 Å². The zero-order valence-electron chi connectivity index (χ0n) is 11.8. The fraction of sp³-hybridized carbons (Fsp3) is 0.294. The molecule has 1 N–H and O–H groups in total. The molecule has 1 aliphatic rings. The lowest BCUT2D eigenvalue weighted by atomic mass is 10.0. The van der Waals surface area contributed by atoms with Gasteiger partial charge < -0.3 is 10.1 Å². The van der Waals surface area contributed by atoms with Crippen molar-refractivity contribution in [1.82, 2.24) is 5.32 Å². The van der Waals surface area contributed by atoms with Crippen LogP contribution in [0.2, 0.25) is 0 Å². The van der Waals surface area contributed by atoms with E-state index >= 15 is 0 Å². The molecule has 0 aromatic heterocycles. The maximum atomic E-state index is 13.1. The van der Waals surface area contributed by atoms with Crippen LogP contribution in [0.4, 0.5) is 4.39 Å². The summed E-state index contributed by atoms with van der Waals surface area (Å²) in [5.41, 5.74) is 3.60. The molecule has 0 spiro atoms. The zero-order chi connectivity index (χ0) is 13.8. The molecule has 1 heterocycles. The van der Waals surface area contributed by atoms with Gasteiger partial charge in [0.05, 0.1) is 0 Å². The van der Waals surface area contributed by atoms with Gasteiger partial charge in [0.15, 0.2) is 0 Å². The van der Waals surface area contributed by atoms with E-state index in [4.69, 9.17) is 4.74 Å². The minimum Gasteiger partial charge on any atom is -0.489 e. The van der Waals surface area contributed by atoms with Gasteiger partial charge in [0.25, 0.3) is 0 Å². The predicted octanol–water partition coefficient (Wildman–Crippen LogP) is 3.51. The summed E-state index contributed by atoms with van der Waals surface area (Å²) in [6, 6.07) is 12.8. The molecule has 3 rings (SSSR count). The van der Waals surface area contributed by atoms with Crippen molar-refractivity contribution in [2.75, 3.05) is 13.1 Å². The van der Waals surface area contributed by atoms with E-state index in [1.807, 2.05) is 12.1 Å². The zero-order valence-corrected chi connectivity index (χ0v) is 12.6. The van der Waals surface area contributed by atoms with Crippen molar-refractivity contribution in [1.29, 1.82) is 0 Å². The molecule has 0 fully saturated rings. The maximum Gasteiger partial charge on any atom is 0.123 e. The topological polar surface area (TPSA) is 21.3 Å². The summed E-state index contributed by atoms with van der Waals surface area (Å²) in [6.45, 7) is 2.45. The molecule has 0 aliphatic carbocycles. The number of nitrogens with one attached hydrogen (secondary N) is 1. The summed E-state index contributed by atoms with van der Waals surface area (Å²) in [7, 11) is 0. The van der Waals surface area contributed by atoms with Gasteiger partial charge in [0.1, 0.15) is 18.2 Å². The number of ether oxygens (including phenoxy) is 1. The summed E-state index contributed by atoms with van der Waals surface area (Å²) in [4.78, 5) is 0. The standard InChI is InChI=1S/C17H18FNO.ClH/c18-16-3-1-2-13(10-16)12-20-17-5-4-14-6-8-19-9-7-15(14)11-17;/h1-5,10-11,19H,6-9,12H2;1H. The second-order valence-corrected chi connectivity index (χ2v) is 5.10. The van der Waals surface area contributed by atoms with Crippen molar-refractivity contribution < 1.29 is 9.13 Å². The maximum absolute atomic E-state index is 13.1. The minimum atomic E-state index is -0.223. The van der Waals surface area contributed by atoms with Gasteiger partial charge in [-0.1, -0.05) is 18.2 Å². The van der Waals surface area contributed by atoms with Crippen LogP contribution < -0.4 is 10.1 Å². The molecule has 0 atom stereocenters. The van der Waals surface area contributed by atoms with Gasteiger partial charge in [-0.3, -0.25) is 0 Å². The fourth-order valence-corrected chi connectivity index (χ4v) is 2.53. The first-order valence-electron chi connectivity index (χ1n) is 7.01.